The van der Waals surface area contributed by atoms with Gasteiger partial charge in [0.25, 0.3) is 0 Å². The van der Waals surface area contributed by atoms with Crippen molar-refractivity contribution in [1.82, 2.24) is 0 Å². The van der Waals surface area contributed by atoms with Crippen molar-refractivity contribution in [3.05, 3.63) is 0 Å². The van der Waals surface area contributed by atoms with Gasteiger partial charge in [-0.3, -0.25) is 9.59 Å². The minimum absolute atomic E-state index is 0.257. The number of aliphatic carboxylic acids is 1. The van der Waals surface area contributed by atoms with Gasteiger partial charge in [0, 0.05) is 19.3 Å². The normalized spacial score (nSPS) is 11.0. The van der Waals surface area contributed by atoms with Gasteiger partial charge in [-0.2, -0.15) is 0 Å². The van der Waals surface area contributed by atoms with E-state index in [0.717, 1.165) is 38.5 Å². The van der Waals surface area contributed by atoms with Gasteiger partial charge in [0.15, 0.2) is 0 Å². The number of carboxylic acids is 1. The van der Waals surface area contributed by atoms with Crippen molar-refractivity contribution in [1.29, 1.82) is 0 Å². The highest BCUT2D eigenvalue weighted by molar-refractivity contribution is 5.78. The van der Waals surface area contributed by atoms with Crippen LogP contribution >= 0.6 is 0 Å². The highest BCUT2D eigenvalue weighted by Crippen LogP contribution is 2.14. The molecule has 0 heterocycles. The van der Waals surface area contributed by atoms with Crippen molar-refractivity contribution in [3.63, 3.8) is 0 Å². The molecule has 160 valence electrons. The Kier molecular flexibility index (Phi) is 20.8. The first-order chi connectivity index (χ1) is 13.2. The van der Waals surface area contributed by atoms with Crippen molar-refractivity contribution in [2.75, 3.05) is 0 Å². The van der Waals surface area contributed by atoms with E-state index in [0.29, 0.717) is 12.2 Å². The fourth-order valence-electron chi connectivity index (χ4n) is 3.59. The summed E-state index contributed by atoms with van der Waals surface area (Å²) in [5, 5.41) is 8.56. The lowest BCUT2D eigenvalue weighted by atomic mass is 10.0. The lowest BCUT2D eigenvalue weighted by Gasteiger charge is -2.04. The Morgan fingerprint density at radius 2 is 0.778 bits per heavy atom. The summed E-state index contributed by atoms with van der Waals surface area (Å²) in [6.07, 6.45) is 24.1. The Bertz CT molecular complexity index is 339. The van der Waals surface area contributed by atoms with Gasteiger partial charge in [-0.05, 0) is 19.3 Å². The summed E-state index contributed by atoms with van der Waals surface area (Å²) in [4.78, 5) is 22.2. The molecule has 0 saturated heterocycles. The zero-order valence-electron chi connectivity index (χ0n) is 18.1. The molecule has 0 radical (unpaired) electrons. The number of rotatable bonds is 22. The number of hydrogen-bond acceptors (Lipinski definition) is 2. The van der Waals surface area contributed by atoms with Gasteiger partial charge in [-0.15, -0.1) is 0 Å². The highest BCUT2D eigenvalue weighted by atomic mass is 16.4. The van der Waals surface area contributed by atoms with Gasteiger partial charge in [-0.25, -0.2) is 0 Å². The predicted octanol–water partition coefficient (Wildman–Crippen LogP) is 7.85. The SMILES string of the molecule is CCCCCCCCCCCCCCCCC(=O)CCCCCCC(=O)O. The molecule has 0 unspecified atom stereocenters. The molecule has 0 aromatic heterocycles. The molecule has 0 rings (SSSR count). The van der Waals surface area contributed by atoms with E-state index < -0.39 is 5.97 Å². The number of carbonyl (C=O) groups excluding carboxylic acids is 1. The van der Waals surface area contributed by atoms with Crippen LogP contribution in [0.3, 0.4) is 0 Å². The van der Waals surface area contributed by atoms with Crippen molar-refractivity contribution in [3.8, 4) is 0 Å². The number of Topliss-reactive ketones (excluding diaryl/α,β-unsaturated/α-hetero) is 1. The van der Waals surface area contributed by atoms with Crippen LogP contribution in [0.2, 0.25) is 0 Å². The fraction of sp³-hybridized carbons (Fsp3) is 0.917. The molecule has 0 bridgehead atoms. The quantitative estimate of drug-likeness (QED) is 0.194. The third kappa shape index (κ3) is 23.1. The van der Waals surface area contributed by atoms with Crippen LogP contribution in [0.25, 0.3) is 0 Å². The Balaban J connectivity index is 3.14. The van der Waals surface area contributed by atoms with Gasteiger partial charge >= 0.3 is 5.97 Å². The molecule has 0 fully saturated rings. The lowest BCUT2D eigenvalue weighted by molar-refractivity contribution is -0.137. The molecule has 0 aromatic rings. The van der Waals surface area contributed by atoms with Crippen molar-refractivity contribution in [2.24, 2.45) is 0 Å². The Morgan fingerprint density at radius 1 is 0.481 bits per heavy atom. The van der Waals surface area contributed by atoms with Gasteiger partial charge < -0.3 is 5.11 Å². The van der Waals surface area contributed by atoms with Crippen LogP contribution in [0.15, 0.2) is 0 Å². The van der Waals surface area contributed by atoms with Crippen molar-refractivity contribution >= 4 is 11.8 Å². The van der Waals surface area contributed by atoms with E-state index in [1.165, 1.54) is 83.5 Å². The minimum atomic E-state index is -0.719. The molecule has 0 aliphatic rings. The molecule has 0 aromatic carbocycles. The predicted molar refractivity (Wildman–Crippen MR) is 115 cm³/mol. The maximum absolute atomic E-state index is 11.8. The molecule has 0 aliphatic heterocycles. The average Bonchev–Trinajstić information content (AvgIpc) is 2.64. The molecule has 0 amide bonds. The summed E-state index contributed by atoms with van der Waals surface area (Å²) in [6.45, 7) is 2.27. The lowest BCUT2D eigenvalue weighted by Crippen LogP contribution is -1.98. The molecule has 0 aliphatic carbocycles. The Labute approximate surface area is 168 Å². The summed E-state index contributed by atoms with van der Waals surface area (Å²) in [5.74, 6) is -0.323. The Morgan fingerprint density at radius 3 is 1.11 bits per heavy atom. The first-order valence-electron chi connectivity index (χ1n) is 11.9. The maximum atomic E-state index is 11.8. The summed E-state index contributed by atoms with van der Waals surface area (Å²) in [7, 11) is 0. The summed E-state index contributed by atoms with van der Waals surface area (Å²) in [5.41, 5.74) is 0. The molecule has 3 heteroatoms. The third-order valence-corrected chi connectivity index (χ3v) is 5.41. The van der Waals surface area contributed by atoms with E-state index in [4.69, 9.17) is 5.11 Å². The van der Waals surface area contributed by atoms with Crippen LogP contribution < -0.4 is 0 Å². The minimum Gasteiger partial charge on any atom is -0.481 e. The second-order valence-electron chi connectivity index (χ2n) is 8.19. The van der Waals surface area contributed by atoms with E-state index in [-0.39, 0.29) is 6.42 Å². The number of hydrogen-bond donors (Lipinski definition) is 1. The smallest absolute Gasteiger partial charge is 0.303 e. The maximum Gasteiger partial charge on any atom is 0.303 e. The Hall–Kier alpha value is -0.860. The monoisotopic (exact) mass is 382 g/mol. The first-order valence-corrected chi connectivity index (χ1v) is 11.9. The van der Waals surface area contributed by atoms with Gasteiger partial charge in [0.05, 0.1) is 0 Å². The second-order valence-corrected chi connectivity index (χ2v) is 8.19. The van der Waals surface area contributed by atoms with E-state index in [1.54, 1.807) is 0 Å². The zero-order chi connectivity index (χ0) is 20.0. The van der Waals surface area contributed by atoms with Crippen LogP contribution in [0.4, 0.5) is 0 Å². The third-order valence-electron chi connectivity index (χ3n) is 5.41. The molecule has 0 saturated carbocycles. The van der Waals surface area contributed by atoms with Crippen LogP contribution in [-0.2, 0) is 9.59 Å². The van der Waals surface area contributed by atoms with E-state index in [9.17, 15) is 9.59 Å². The summed E-state index contributed by atoms with van der Waals surface area (Å²) < 4.78 is 0. The average molecular weight is 383 g/mol. The fourth-order valence-corrected chi connectivity index (χ4v) is 3.59. The summed E-state index contributed by atoms with van der Waals surface area (Å²) in [6, 6.07) is 0. The molecule has 0 spiro atoms. The number of ketones is 1. The second kappa shape index (κ2) is 21.4. The van der Waals surface area contributed by atoms with Gasteiger partial charge in [0.1, 0.15) is 5.78 Å². The molecule has 27 heavy (non-hydrogen) atoms. The van der Waals surface area contributed by atoms with Crippen LogP contribution in [0.1, 0.15) is 142 Å². The molecule has 3 nitrogen and oxygen atoms in total. The van der Waals surface area contributed by atoms with Crippen LogP contribution in [0, 0.1) is 0 Å². The van der Waals surface area contributed by atoms with Crippen molar-refractivity contribution < 1.29 is 14.7 Å². The number of carboxylic acid groups (broad SMARTS) is 1. The van der Waals surface area contributed by atoms with E-state index >= 15 is 0 Å². The van der Waals surface area contributed by atoms with Crippen LogP contribution in [0.5, 0.6) is 0 Å². The molecular weight excluding hydrogens is 336 g/mol. The van der Waals surface area contributed by atoms with Gasteiger partial charge in [0.2, 0.25) is 0 Å². The molecule has 0 atom stereocenters. The topological polar surface area (TPSA) is 54.4 Å². The largest absolute Gasteiger partial charge is 0.481 e. The van der Waals surface area contributed by atoms with E-state index in [2.05, 4.69) is 6.92 Å². The van der Waals surface area contributed by atoms with Gasteiger partial charge in [-0.1, -0.05) is 103 Å². The summed E-state index contributed by atoms with van der Waals surface area (Å²) >= 11 is 0. The number of carbonyl (C=O) groups is 2. The van der Waals surface area contributed by atoms with E-state index in [1.807, 2.05) is 0 Å². The van der Waals surface area contributed by atoms with Crippen LogP contribution in [-0.4, -0.2) is 16.9 Å². The highest BCUT2D eigenvalue weighted by Gasteiger charge is 2.02. The number of unbranched alkanes of at least 4 members (excludes halogenated alkanes) is 16. The first kappa shape index (κ1) is 26.1. The van der Waals surface area contributed by atoms with Crippen molar-refractivity contribution in [2.45, 2.75) is 142 Å². The zero-order valence-corrected chi connectivity index (χ0v) is 18.1. The molecule has 1 N–H and O–H groups in total. The molecular formula is C24H46O3. The standard InChI is InChI=1S/C24H46O3/c1-2-3-4-5-6-7-8-9-10-11-12-13-14-17-20-23(25)21-18-15-16-19-22-24(26)27/h2-22H2,1H3,(H,26,27).